The van der Waals surface area contributed by atoms with Crippen molar-refractivity contribution in [3.63, 3.8) is 0 Å². The maximum absolute atomic E-state index is 14.8. The molecule has 47 heavy (non-hydrogen) atoms. The number of ether oxygens (including phenoxy) is 1. The van der Waals surface area contributed by atoms with Crippen molar-refractivity contribution >= 4 is 29.7 Å². The average molecular weight is 642 g/mol. The molecule has 0 aliphatic carbocycles. The maximum atomic E-state index is 14.8. The highest BCUT2D eigenvalue weighted by molar-refractivity contribution is 5.99. The van der Waals surface area contributed by atoms with Gasteiger partial charge in [-0.2, -0.15) is 0 Å². The number of aromatic hydroxyl groups is 1. The first-order valence-electron chi connectivity index (χ1n) is 16.6. The Morgan fingerprint density at radius 1 is 0.936 bits per heavy atom. The fraction of sp³-hybridized carbons (Fsp3) is 0.410. The fourth-order valence-electron chi connectivity index (χ4n) is 5.39. The highest BCUT2D eigenvalue weighted by Crippen LogP contribution is 2.28. The van der Waals surface area contributed by atoms with E-state index in [4.69, 9.17) is 4.74 Å². The van der Waals surface area contributed by atoms with E-state index < -0.39 is 29.7 Å². The van der Waals surface area contributed by atoms with Gasteiger partial charge < -0.3 is 25.4 Å². The molecule has 3 aromatic carbocycles. The van der Waals surface area contributed by atoms with Gasteiger partial charge in [0.25, 0.3) is 5.91 Å². The molecule has 0 saturated heterocycles. The highest BCUT2D eigenvalue weighted by atomic mass is 16.6. The number of hydrogen-bond acceptors (Lipinski definition) is 5. The highest BCUT2D eigenvalue weighted by Gasteiger charge is 2.36. The average Bonchev–Trinajstić information content (AvgIpc) is 3.02. The Morgan fingerprint density at radius 3 is 2.28 bits per heavy atom. The zero-order valence-corrected chi connectivity index (χ0v) is 28.6. The van der Waals surface area contributed by atoms with Crippen LogP contribution in [0.5, 0.6) is 5.75 Å². The molecule has 0 spiro atoms. The topological polar surface area (TPSA) is 108 Å². The molecule has 0 bridgehead atoms. The maximum Gasteiger partial charge on any atom is 0.408 e. The predicted octanol–water partition coefficient (Wildman–Crippen LogP) is 8.35. The Balaban J connectivity index is 2.09. The summed E-state index contributed by atoms with van der Waals surface area (Å²) < 4.78 is 5.55. The van der Waals surface area contributed by atoms with Crippen LogP contribution < -0.4 is 10.6 Å². The second kappa shape index (κ2) is 17.9. The zero-order chi connectivity index (χ0) is 34.4. The summed E-state index contributed by atoms with van der Waals surface area (Å²) in [6.45, 7) is 13.6. The van der Waals surface area contributed by atoms with Gasteiger partial charge in [-0.05, 0) is 80.6 Å². The van der Waals surface area contributed by atoms with Crippen LogP contribution in [0.25, 0.3) is 6.08 Å². The van der Waals surface area contributed by atoms with Crippen LogP contribution in [0, 0.1) is 6.92 Å². The van der Waals surface area contributed by atoms with Crippen molar-refractivity contribution in [1.29, 1.82) is 0 Å². The van der Waals surface area contributed by atoms with Gasteiger partial charge in [-0.3, -0.25) is 9.59 Å². The van der Waals surface area contributed by atoms with Gasteiger partial charge in [-0.1, -0.05) is 100 Å². The summed E-state index contributed by atoms with van der Waals surface area (Å²) in [5.41, 5.74) is 2.94. The minimum Gasteiger partial charge on any atom is -0.508 e. The molecule has 8 nitrogen and oxygen atoms in total. The van der Waals surface area contributed by atoms with Gasteiger partial charge in [-0.15, -0.1) is 0 Å². The van der Waals surface area contributed by atoms with Crippen molar-refractivity contribution in [3.05, 3.63) is 102 Å². The summed E-state index contributed by atoms with van der Waals surface area (Å²) >= 11 is 0. The molecule has 8 heteroatoms. The lowest BCUT2D eigenvalue weighted by molar-refractivity contribution is -0.140. The van der Waals surface area contributed by atoms with Crippen molar-refractivity contribution in [2.45, 2.75) is 97.2 Å². The van der Waals surface area contributed by atoms with Crippen molar-refractivity contribution in [2.75, 3.05) is 11.9 Å². The molecule has 2 unspecified atom stereocenters. The van der Waals surface area contributed by atoms with E-state index in [1.54, 1.807) is 43.9 Å². The second-order valence-electron chi connectivity index (χ2n) is 12.9. The van der Waals surface area contributed by atoms with E-state index in [-0.39, 0.29) is 18.1 Å². The number of hydrogen-bond donors (Lipinski definition) is 3. The second-order valence-corrected chi connectivity index (χ2v) is 12.9. The van der Waals surface area contributed by atoms with Crippen LogP contribution >= 0.6 is 0 Å². The number of amides is 3. The molecular formula is C39H51N3O5. The van der Waals surface area contributed by atoms with Crippen LogP contribution in [0.4, 0.5) is 10.5 Å². The molecule has 0 heterocycles. The Kier molecular flexibility index (Phi) is 14.1. The van der Waals surface area contributed by atoms with Crippen molar-refractivity contribution in [3.8, 4) is 5.75 Å². The number of para-hydroxylation sites is 1. The Bertz CT molecular complexity index is 1480. The van der Waals surface area contributed by atoms with E-state index in [1.807, 2.05) is 55.5 Å². The number of phenolic OH excluding ortho intramolecular Hbond substituents is 1. The molecule has 2 atom stereocenters. The number of anilines is 1. The Labute approximate surface area is 280 Å². The number of carbonyl (C=O) groups is 3. The number of rotatable bonds is 16. The van der Waals surface area contributed by atoms with Gasteiger partial charge in [0, 0.05) is 18.7 Å². The zero-order valence-electron chi connectivity index (χ0n) is 28.6. The van der Waals surface area contributed by atoms with Crippen LogP contribution in [-0.4, -0.2) is 46.1 Å². The SMILES string of the molecule is C=Cc1cccc(C(C(=O)Nc2ccccc2C)N(CCCCCCCC)C(=O)C(Cc2ccc(O)cc2)NC(=O)OC(C)(C)C)c1. The molecular weight excluding hydrogens is 590 g/mol. The van der Waals surface area contributed by atoms with Gasteiger partial charge in [0.2, 0.25) is 5.91 Å². The fourth-order valence-corrected chi connectivity index (χ4v) is 5.39. The quantitative estimate of drug-likeness (QED) is 0.136. The number of benzene rings is 3. The van der Waals surface area contributed by atoms with Gasteiger partial charge in [0.1, 0.15) is 23.4 Å². The number of unbranched alkanes of at least 4 members (excludes halogenated alkanes) is 5. The molecule has 0 aliphatic heterocycles. The third-order valence-corrected chi connectivity index (χ3v) is 7.83. The van der Waals surface area contributed by atoms with Gasteiger partial charge >= 0.3 is 6.09 Å². The molecule has 3 amide bonds. The third-order valence-electron chi connectivity index (χ3n) is 7.83. The Hall–Kier alpha value is -4.59. The first-order valence-corrected chi connectivity index (χ1v) is 16.6. The van der Waals surface area contributed by atoms with Crippen molar-refractivity contribution in [1.82, 2.24) is 10.2 Å². The molecule has 0 aromatic heterocycles. The van der Waals surface area contributed by atoms with E-state index in [0.717, 1.165) is 48.8 Å². The molecule has 3 rings (SSSR count). The minimum atomic E-state index is -1.05. The van der Waals surface area contributed by atoms with Crippen LogP contribution in [-0.2, 0) is 20.7 Å². The van der Waals surface area contributed by atoms with Crippen LogP contribution in [0.1, 0.15) is 94.5 Å². The lowest BCUT2D eigenvalue weighted by Crippen LogP contribution is -2.53. The summed E-state index contributed by atoms with van der Waals surface area (Å²) in [4.78, 5) is 43.8. The van der Waals surface area contributed by atoms with Gasteiger partial charge in [-0.25, -0.2) is 4.79 Å². The minimum absolute atomic E-state index is 0.0940. The van der Waals surface area contributed by atoms with Crippen LogP contribution in [0.15, 0.2) is 79.4 Å². The predicted molar refractivity (Wildman–Crippen MR) is 189 cm³/mol. The summed E-state index contributed by atoms with van der Waals surface area (Å²) in [5, 5.41) is 15.7. The largest absolute Gasteiger partial charge is 0.508 e. The summed E-state index contributed by atoms with van der Waals surface area (Å²) in [6, 6.07) is 19.4. The van der Waals surface area contributed by atoms with Crippen LogP contribution in [0.3, 0.4) is 0 Å². The molecule has 0 saturated carbocycles. The standard InChI is InChI=1S/C39H51N3O5/c1-7-9-10-11-12-15-25-42(37(45)34(41-38(46)47-39(4,5)6)27-30-21-23-32(43)24-22-30)35(31-19-16-18-29(8-2)26-31)36(44)40-33-20-14-13-17-28(33)3/h8,13-14,16-24,26,34-35,43H,2,7,9-12,15,25,27H2,1,3-6H3,(H,40,44)(H,41,46). The number of phenols is 1. The molecule has 0 fully saturated rings. The molecule has 3 N–H and O–H groups in total. The molecule has 3 aromatic rings. The monoisotopic (exact) mass is 641 g/mol. The summed E-state index contributed by atoms with van der Waals surface area (Å²) in [6.07, 6.45) is 7.08. The smallest absolute Gasteiger partial charge is 0.408 e. The molecule has 252 valence electrons. The van der Waals surface area contributed by atoms with E-state index in [9.17, 15) is 19.5 Å². The number of nitrogens with zero attached hydrogens (tertiary/aromatic N) is 1. The van der Waals surface area contributed by atoms with Crippen LogP contribution in [0.2, 0.25) is 0 Å². The summed E-state index contributed by atoms with van der Waals surface area (Å²) in [7, 11) is 0. The van der Waals surface area contributed by atoms with Crippen molar-refractivity contribution in [2.24, 2.45) is 0 Å². The van der Waals surface area contributed by atoms with E-state index in [0.29, 0.717) is 24.2 Å². The lowest BCUT2D eigenvalue weighted by atomic mass is 9.98. The number of alkyl carbamates (subject to hydrolysis) is 1. The van der Waals surface area contributed by atoms with E-state index >= 15 is 0 Å². The summed E-state index contributed by atoms with van der Waals surface area (Å²) in [5.74, 6) is -0.677. The number of aryl methyl sites for hydroxylation is 1. The van der Waals surface area contributed by atoms with Gasteiger partial charge in [0.15, 0.2) is 0 Å². The third kappa shape index (κ3) is 11.9. The van der Waals surface area contributed by atoms with E-state index in [2.05, 4.69) is 24.1 Å². The first kappa shape index (κ1) is 36.9. The van der Waals surface area contributed by atoms with E-state index in [1.165, 1.54) is 12.1 Å². The first-order chi connectivity index (χ1) is 22.4. The molecule has 0 radical (unpaired) electrons. The molecule has 0 aliphatic rings. The normalized spacial score (nSPS) is 12.4. The van der Waals surface area contributed by atoms with Gasteiger partial charge in [0.05, 0.1) is 0 Å². The number of nitrogens with one attached hydrogen (secondary N) is 2. The Morgan fingerprint density at radius 2 is 1.62 bits per heavy atom. The van der Waals surface area contributed by atoms with Crippen molar-refractivity contribution < 1.29 is 24.2 Å². The lowest BCUT2D eigenvalue weighted by Gasteiger charge is -2.35. The number of carbonyl (C=O) groups excluding carboxylic acids is 3.